The van der Waals surface area contributed by atoms with Crippen LogP contribution < -0.4 is 5.32 Å². The van der Waals surface area contributed by atoms with Gasteiger partial charge in [0.1, 0.15) is 0 Å². The number of carbonyl (C=O) groups is 3. The number of aryl methyl sites for hydroxylation is 1. The molecule has 0 spiro atoms. The lowest BCUT2D eigenvalue weighted by Crippen LogP contribution is -2.22. The summed E-state index contributed by atoms with van der Waals surface area (Å²) in [4.78, 5) is 35.6. The minimum Gasteiger partial charge on any atom is -0.465 e. The zero-order chi connectivity index (χ0) is 21.6. The molecule has 0 aliphatic heterocycles. The number of hydrogen-bond donors (Lipinski definition) is 1. The molecule has 1 heterocycles. The summed E-state index contributed by atoms with van der Waals surface area (Å²) >= 11 is 0. The van der Waals surface area contributed by atoms with Crippen LogP contribution in [0.15, 0.2) is 24.3 Å². The largest absolute Gasteiger partial charge is 0.465 e. The van der Waals surface area contributed by atoms with E-state index in [-0.39, 0.29) is 6.42 Å². The van der Waals surface area contributed by atoms with Crippen LogP contribution in [0.2, 0.25) is 0 Å². The number of amides is 1. The summed E-state index contributed by atoms with van der Waals surface area (Å²) < 4.78 is 11.6. The van der Waals surface area contributed by atoms with Crippen molar-refractivity contribution in [3.05, 3.63) is 46.8 Å². The van der Waals surface area contributed by atoms with E-state index in [9.17, 15) is 14.4 Å². The van der Waals surface area contributed by atoms with E-state index in [1.807, 2.05) is 18.5 Å². The molecule has 1 aromatic carbocycles. The molecule has 0 atom stereocenters. The van der Waals surface area contributed by atoms with Crippen LogP contribution in [0.3, 0.4) is 0 Å². The second kappa shape index (κ2) is 9.86. The molecule has 0 saturated heterocycles. The standard InChI is InChI=1S/C21H27N3O5/c1-13(2)11-24-15(4)18(14(3)23-24)10-20(26)29-12-19(25)22-17-8-6-16(7-9-17)21(27)28-5/h6-9,13H,10-12H2,1-5H3,(H,22,25). The van der Waals surface area contributed by atoms with Gasteiger partial charge in [-0.2, -0.15) is 5.10 Å². The van der Waals surface area contributed by atoms with Crippen LogP contribution in [0.1, 0.15) is 41.2 Å². The summed E-state index contributed by atoms with van der Waals surface area (Å²) in [6.07, 6.45) is 0.0663. The zero-order valence-corrected chi connectivity index (χ0v) is 17.4. The molecule has 2 rings (SSSR count). The molecule has 1 amide bonds. The Hall–Kier alpha value is -3.16. The molecular formula is C21H27N3O5. The number of rotatable bonds is 8. The van der Waals surface area contributed by atoms with Crippen LogP contribution in [0.25, 0.3) is 0 Å². The van der Waals surface area contributed by atoms with E-state index in [0.717, 1.165) is 23.5 Å². The quantitative estimate of drug-likeness (QED) is 0.683. The molecule has 0 saturated carbocycles. The van der Waals surface area contributed by atoms with Crippen molar-refractivity contribution >= 4 is 23.5 Å². The molecule has 0 aliphatic rings. The number of benzene rings is 1. The van der Waals surface area contributed by atoms with Crippen molar-refractivity contribution < 1.29 is 23.9 Å². The number of nitrogens with zero attached hydrogens (tertiary/aromatic N) is 2. The Morgan fingerprint density at radius 3 is 2.38 bits per heavy atom. The third-order valence-corrected chi connectivity index (χ3v) is 4.34. The Morgan fingerprint density at radius 1 is 1.14 bits per heavy atom. The summed E-state index contributed by atoms with van der Waals surface area (Å²) in [5.74, 6) is -0.970. The zero-order valence-electron chi connectivity index (χ0n) is 17.4. The first-order valence-electron chi connectivity index (χ1n) is 9.38. The van der Waals surface area contributed by atoms with Crippen LogP contribution in [-0.4, -0.2) is 41.3 Å². The summed E-state index contributed by atoms with van der Waals surface area (Å²) in [6, 6.07) is 6.21. The normalized spacial score (nSPS) is 10.7. The van der Waals surface area contributed by atoms with Gasteiger partial charge in [0, 0.05) is 23.5 Å². The predicted molar refractivity (Wildman–Crippen MR) is 108 cm³/mol. The maximum absolute atomic E-state index is 12.2. The molecule has 0 bridgehead atoms. The van der Waals surface area contributed by atoms with Crippen molar-refractivity contribution in [2.24, 2.45) is 5.92 Å². The lowest BCUT2D eigenvalue weighted by atomic mass is 10.1. The third-order valence-electron chi connectivity index (χ3n) is 4.34. The van der Waals surface area contributed by atoms with E-state index in [4.69, 9.17) is 4.74 Å². The van der Waals surface area contributed by atoms with E-state index >= 15 is 0 Å². The fourth-order valence-corrected chi connectivity index (χ4v) is 2.86. The molecule has 29 heavy (non-hydrogen) atoms. The highest BCUT2D eigenvalue weighted by molar-refractivity contribution is 5.94. The van der Waals surface area contributed by atoms with Crippen molar-refractivity contribution in [1.82, 2.24) is 9.78 Å². The molecule has 156 valence electrons. The monoisotopic (exact) mass is 401 g/mol. The summed E-state index contributed by atoms with van der Waals surface area (Å²) in [6.45, 7) is 8.37. The SMILES string of the molecule is COC(=O)c1ccc(NC(=O)COC(=O)Cc2c(C)nn(CC(C)C)c2C)cc1. The molecule has 1 aromatic heterocycles. The van der Waals surface area contributed by atoms with Crippen molar-refractivity contribution in [2.75, 3.05) is 19.0 Å². The lowest BCUT2D eigenvalue weighted by molar-refractivity contribution is -0.146. The number of anilines is 1. The second-order valence-electron chi connectivity index (χ2n) is 7.18. The maximum atomic E-state index is 12.2. The van der Waals surface area contributed by atoms with Crippen molar-refractivity contribution in [3.8, 4) is 0 Å². The molecule has 0 unspecified atom stereocenters. The molecule has 8 heteroatoms. The van der Waals surface area contributed by atoms with Gasteiger partial charge in [-0.25, -0.2) is 4.79 Å². The minimum atomic E-state index is -0.489. The number of esters is 2. The van der Waals surface area contributed by atoms with Gasteiger partial charge in [0.25, 0.3) is 5.91 Å². The van der Waals surface area contributed by atoms with Gasteiger partial charge in [-0.1, -0.05) is 13.8 Å². The topological polar surface area (TPSA) is 99.5 Å². The number of hydrogen-bond acceptors (Lipinski definition) is 6. The van der Waals surface area contributed by atoms with Gasteiger partial charge in [-0.15, -0.1) is 0 Å². The Balaban J connectivity index is 1.87. The first-order valence-corrected chi connectivity index (χ1v) is 9.38. The van der Waals surface area contributed by atoms with Gasteiger partial charge < -0.3 is 14.8 Å². The summed E-state index contributed by atoms with van der Waals surface area (Å²) in [7, 11) is 1.30. The van der Waals surface area contributed by atoms with E-state index in [1.165, 1.54) is 19.2 Å². The van der Waals surface area contributed by atoms with Crippen LogP contribution in [0.4, 0.5) is 5.69 Å². The smallest absolute Gasteiger partial charge is 0.337 e. The van der Waals surface area contributed by atoms with Crippen LogP contribution >= 0.6 is 0 Å². The molecule has 0 radical (unpaired) electrons. The van der Waals surface area contributed by atoms with Crippen LogP contribution in [-0.2, 0) is 32.0 Å². The summed E-state index contributed by atoms with van der Waals surface area (Å²) in [5.41, 5.74) is 3.41. The Kier molecular flexibility index (Phi) is 7.52. The minimum absolute atomic E-state index is 0.0663. The fourth-order valence-electron chi connectivity index (χ4n) is 2.86. The van der Waals surface area contributed by atoms with Gasteiger partial charge in [-0.05, 0) is 44.0 Å². The molecule has 2 aromatic rings. The van der Waals surface area contributed by atoms with E-state index in [2.05, 4.69) is 29.0 Å². The van der Waals surface area contributed by atoms with Gasteiger partial charge in [0.2, 0.25) is 0 Å². The van der Waals surface area contributed by atoms with Gasteiger partial charge in [-0.3, -0.25) is 14.3 Å². The second-order valence-corrected chi connectivity index (χ2v) is 7.18. The average Bonchev–Trinajstić information content (AvgIpc) is 2.93. The van der Waals surface area contributed by atoms with Crippen LogP contribution in [0, 0.1) is 19.8 Å². The van der Waals surface area contributed by atoms with Gasteiger partial charge in [0.15, 0.2) is 6.61 Å². The Morgan fingerprint density at radius 2 is 1.79 bits per heavy atom. The highest BCUT2D eigenvalue weighted by atomic mass is 16.5. The molecular weight excluding hydrogens is 374 g/mol. The molecule has 0 fully saturated rings. The molecule has 8 nitrogen and oxygen atoms in total. The van der Waals surface area contributed by atoms with Crippen molar-refractivity contribution in [1.29, 1.82) is 0 Å². The van der Waals surface area contributed by atoms with E-state index in [0.29, 0.717) is 17.2 Å². The Labute approximate surface area is 170 Å². The number of aromatic nitrogens is 2. The maximum Gasteiger partial charge on any atom is 0.337 e. The average molecular weight is 401 g/mol. The predicted octanol–water partition coefficient (Wildman–Crippen LogP) is 2.67. The number of methoxy groups -OCH3 is 1. The Bertz CT molecular complexity index is 884. The fraction of sp³-hybridized carbons (Fsp3) is 0.429. The number of carbonyl (C=O) groups excluding carboxylic acids is 3. The number of ether oxygens (including phenoxy) is 2. The first kappa shape index (κ1) is 22.1. The van der Waals surface area contributed by atoms with Crippen LogP contribution in [0.5, 0.6) is 0 Å². The van der Waals surface area contributed by atoms with Crippen molar-refractivity contribution in [2.45, 2.75) is 40.7 Å². The number of nitrogens with one attached hydrogen (secondary N) is 1. The lowest BCUT2D eigenvalue weighted by Gasteiger charge is -2.09. The van der Waals surface area contributed by atoms with Gasteiger partial charge in [0.05, 0.1) is 24.8 Å². The van der Waals surface area contributed by atoms with Gasteiger partial charge >= 0.3 is 11.9 Å². The molecule has 1 N–H and O–H groups in total. The third kappa shape index (κ3) is 6.17. The van der Waals surface area contributed by atoms with E-state index < -0.39 is 24.5 Å². The summed E-state index contributed by atoms with van der Waals surface area (Å²) in [5, 5.41) is 7.09. The molecule has 0 aliphatic carbocycles. The highest BCUT2D eigenvalue weighted by Gasteiger charge is 2.17. The van der Waals surface area contributed by atoms with Crippen molar-refractivity contribution in [3.63, 3.8) is 0 Å². The highest BCUT2D eigenvalue weighted by Crippen LogP contribution is 2.16. The first-order chi connectivity index (χ1) is 13.7. The van der Waals surface area contributed by atoms with E-state index in [1.54, 1.807) is 12.1 Å².